The third-order valence-corrected chi connectivity index (χ3v) is 8.91. The van der Waals surface area contributed by atoms with E-state index in [-0.39, 0.29) is 18.3 Å². The number of aliphatic carboxylic acids is 2. The van der Waals surface area contributed by atoms with Gasteiger partial charge in [-0.2, -0.15) is 13.2 Å². The molecule has 16 heteroatoms. The van der Waals surface area contributed by atoms with Gasteiger partial charge in [0.15, 0.2) is 6.61 Å². The molecular weight excluding hydrogens is 605 g/mol. The number of nitrogens with two attached hydrogens (primary N) is 1. The first-order valence-corrected chi connectivity index (χ1v) is 14.8. The summed E-state index contributed by atoms with van der Waals surface area (Å²) in [4.78, 5) is 39.9. The number of ether oxygens (including phenoxy) is 1. The average Bonchev–Trinajstić information content (AvgIpc) is 3.59. The Balaban J connectivity index is 0.000000587. The number of carboxylic acids is 2. The number of halogens is 3. The van der Waals surface area contributed by atoms with Crippen molar-refractivity contribution >= 4 is 58.1 Å². The molecule has 3 heterocycles. The number of thiophene rings is 1. The van der Waals surface area contributed by atoms with Gasteiger partial charge in [-0.3, -0.25) is 10.2 Å². The number of alkyl halides is 3. The van der Waals surface area contributed by atoms with Crippen molar-refractivity contribution in [1.82, 2.24) is 9.88 Å². The Morgan fingerprint density at radius 2 is 1.95 bits per heavy atom. The van der Waals surface area contributed by atoms with E-state index in [2.05, 4.69) is 0 Å². The van der Waals surface area contributed by atoms with Crippen LogP contribution in [0.3, 0.4) is 0 Å². The number of carbonyl (C=O) groups is 3. The van der Waals surface area contributed by atoms with Gasteiger partial charge in [-0.1, -0.05) is 12.1 Å². The van der Waals surface area contributed by atoms with Gasteiger partial charge in [-0.25, -0.2) is 14.6 Å². The number of likely N-dealkylation sites (tertiary alicyclic amines) is 1. The SMILES string of the molecule is CSc1sc(C(=N)N)cc1-c1nc(-c2cccc(OCC(=O)N3CCCCC3C(=O)O)c2)cs1.O=C(O)C(F)(F)F. The molecule has 0 radical (unpaired) electrons. The monoisotopic (exact) mass is 630 g/mol. The number of benzene rings is 1. The predicted octanol–water partition coefficient (Wildman–Crippen LogP) is 5.02. The van der Waals surface area contributed by atoms with Gasteiger partial charge in [-0.05, 0) is 43.7 Å². The Bertz CT molecular complexity index is 1430. The highest BCUT2D eigenvalue weighted by atomic mass is 32.2. The standard InChI is InChI=1S/C23H24N4O4S3.C2HF3O2/c1-32-23-15(10-18(34-23)20(24)25)21-26-16(12-33-21)13-5-4-6-14(9-13)31-11-19(28)27-8-3-2-7-17(27)22(29)30;3-2(4,5)1(6)7/h4-6,9-10,12,17H,2-3,7-8,11H2,1H3,(H3,24,25)(H,29,30);(H,6,7). The number of amidine groups is 1. The molecule has 1 fully saturated rings. The Morgan fingerprint density at radius 3 is 2.56 bits per heavy atom. The predicted molar refractivity (Wildman–Crippen MR) is 150 cm³/mol. The number of rotatable bonds is 8. The quantitative estimate of drug-likeness (QED) is 0.152. The van der Waals surface area contributed by atoms with Crippen LogP contribution in [0.15, 0.2) is 39.9 Å². The minimum atomic E-state index is -5.08. The zero-order valence-electron chi connectivity index (χ0n) is 21.4. The fourth-order valence-corrected chi connectivity index (χ4v) is 6.51. The van der Waals surface area contributed by atoms with E-state index in [1.165, 1.54) is 27.6 Å². The van der Waals surface area contributed by atoms with Crippen molar-refractivity contribution in [2.24, 2.45) is 5.73 Å². The number of nitrogen functional groups attached to an aromatic ring is 1. The van der Waals surface area contributed by atoms with Gasteiger partial charge in [0.25, 0.3) is 5.91 Å². The first-order chi connectivity index (χ1) is 19.3. The van der Waals surface area contributed by atoms with Gasteiger partial charge >= 0.3 is 18.1 Å². The first kappa shape index (κ1) is 31.9. The van der Waals surface area contributed by atoms with Crippen molar-refractivity contribution in [3.05, 3.63) is 40.6 Å². The number of carbonyl (C=O) groups excluding carboxylic acids is 1. The average molecular weight is 631 g/mol. The maximum absolute atomic E-state index is 12.6. The minimum absolute atomic E-state index is 0.0435. The van der Waals surface area contributed by atoms with E-state index in [4.69, 9.17) is 30.8 Å². The summed E-state index contributed by atoms with van der Waals surface area (Å²) in [6.45, 7) is 0.224. The van der Waals surface area contributed by atoms with E-state index in [9.17, 15) is 27.9 Å². The number of aromatic nitrogens is 1. The lowest BCUT2D eigenvalue weighted by atomic mass is 10.0. The van der Waals surface area contributed by atoms with E-state index < -0.39 is 24.2 Å². The van der Waals surface area contributed by atoms with Crippen LogP contribution in [0.2, 0.25) is 0 Å². The maximum atomic E-state index is 12.6. The largest absolute Gasteiger partial charge is 0.490 e. The lowest BCUT2D eigenvalue weighted by Gasteiger charge is -2.32. The van der Waals surface area contributed by atoms with Gasteiger partial charge in [0.1, 0.15) is 22.6 Å². The highest BCUT2D eigenvalue weighted by Crippen LogP contribution is 2.40. The summed E-state index contributed by atoms with van der Waals surface area (Å²) in [7, 11) is 0. The number of nitrogens with one attached hydrogen (secondary N) is 1. The van der Waals surface area contributed by atoms with Crippen molar-refractivity contribution in [3.63, 3.8) is 0 Å². The molecule has 1 amide bonds. The van der Waals surface area contributed by atoms with Gasteiger partial charge in [-0.15, -0.1) is 34.4 Å². The molecular formula is C25H25F3N4O6S3. The van der Waals surface area contributed by atoms with Crippen LogP contribution in [0.25, 0.3) is 21.8 Å². The number of hydrogen-bond donors (Lipinski definition) is 4. The minimum Gasteiger partial charge on any atom is -0.484 e. The van der Waals surface area contributed by atoms with E-state index >= 15 is 0 Å². The van der Waals surface area contributed by atoms with Gasteiger partial charge in [0, 0.05) is 23.1 Å². The number of hydrogen-bond acceptors (Lipinski definition) is 9. The number of nitrogens with zero attached hydrogens (tertiary/aromatic N) is 2. The van der Waals surface area contributed by atoms with Crippen LogP contribution in [0.4, 0.5) is 13.2 Å². The first-order valence-electron chi connectivity index (χ1n) is 11.9. The van der Waals surface area contributed by atoms with Gasteiger partial charge in [0.05, 0.1) is 14.8 Å². The zero-order valence-corrected chi connectivity index (χ0v) is 23.9. The fraction of sp³-hybridized carbons (Fsp3) is 0.320. The molecule has 0 spiro atoms. The van der Waals surface area contributed by atoms with Crippen molar-refractivity contribution in [2.45, 2.75) is 35.7 Å². The molecule has 41 heavy (non-hydrogen) atoms. The second-order valence-electron chi connectivity index (χ2n) is 8.52. The number of thiazole rings is 1. The second kappa shape index (κ2) is 13.8. The van der Waals surface area contributed by atoms with Crippen LogP contribution < -0.4 is 10.5 Å². The highest BCUT2D eigenvalue weighted by Gasteiger charge is 2.38. The number of thioether (sulfide) groups is 1. The third-order valence-electron chi connectivity index (χ3n) is 5.73. The summed E-state index contributed by atoms with van der Waals surface area (Å²) in [6.07, 6.45) is -1.02. The van der Waals surface area contributed by atoms with Crippen molar-refractivity contribution in [2.75, 3.05) is 19.4 Å². The molecule has 220 valence electrons. The van der Waals surface area contributed by atoms with E-state index in [1.54, 1.807) is 17.8 Å². The van der Waals surface area contributed by atoms with Crippen LogP contribution in [0.1, 0.15) is 24.1 Å². The summed E-state index contributed by atoms with van der Waals surface area (Å²) in [5.74, 6) is -3.49. The topological polar surface area (TPSA) is 167 Å². The second-order valence-corrected chi connectivity index (χ2v) is 11.5. The molecule has 2 aromatic heterocycles. The number of piperidine rings is 1. The van der Waals surface area contributed by atoms with Crippen LogP contribution in [-0.2, 0) is 14.4 Å². The fourth-order valence-electron chi connectivity index (χ4n) is 3.80. The Kier molecular flexibility index (Phi) is 10.8. The van der Waals surface area contributed by atoms with E-state index in [0.717, 1.165) is 43.8 Å². The summed E-state index contributed by atoms with van der Waals surface area (Å²) >= 11 is 4.59. The summed E-state index contributed by atoms with van der Waals surface area (Å²) < 4.78 is 38.5. The van der Waals surface area contributed by atoms with Crippen molar-refractivity contribution in [1.29, 1.82) is 5.41 Å². The normalized spacial score (nSPS) is 15.0. The molecule has 1 unspecified atom stereocenters. The third kappa shape index (κ3) is 8.43. The molecule has 0 saturated carbocycles. The van der Waals surface area contributed by atoms with Crippen LogP contribution in [0, 0.1) is 5.41 Å². The number of carboxylic acid groups (broad SMARTS) is 2. The van der Waals surface area contributed by atoms with Crippen LogP contribution in [-0.4, -0.2) is 75.4 Å². The van der Waals surface area contributed by atoms with E-state index in [0.29, 0.717) is 18.7 Å². The zero-order chi connectivity index (χ0) is 30.3. The molecule has 5 N–H and O–H groups in total. The lowest BCUT2D eigenvalue weighted by molar-refractivity contribution is -0.192. The van der Waals surface area contributed by atoms with Gasteiger partial charge < -0.3 is 25.6 Å². The van der Waals surface area contributed by atoms with Crippen molar-refractivity contribution in [3.8, 4) is 27.6 Å². The molecule has 10 nitrogen and oxygen atoms in total. The Hall–Kier alpha value is -3.63. The molecule has 3 aromatic rings. The Labute approximate surface area is 244 Å². The number of amides is 1. The van der Waals surface area contributed by atoms with E-state index in [1.807, 2.05) is 35.9 Å². The summed E-state index contributed by atoms with van der Waals surface area (Å²) in [5, 5.41) is 27.0. The molecule has 1 atom stereocenters. The Morgan fingerprint density at radius 1 is 1.24 bits per heavy atom. The molecule has 0 aliphatic carbocycles. The highest BCUT2D eigenvalue weighted by molar-refractivity contribution is 8.00. The van der Waals surface area contributed by atoms with Crippen molar-refractivity contribution < 1.29 is 42.5 Å². The molecule has 0 bridgehead atoms. The molecule has 1 aliphatic rings. The maximum Gasteiger partial charge on any atom is 0.490 e. The molecule has 1 aromatic carbocycles. The summed E-state index contributed by atoms with van der Waals surface area (Å²) in [6, 6.07) is 8.46. The molecule has 1 aliphatic heterocycles. The summed E-state index contributed by atoms with van der Waals surface area (Å²) in [5.41, 5.74) is 8.25. The smallest absolute Gasteiger partial charge is 0.484 e. The van der Waals surface area contributed by atoms with Crippen LogP contribution in [0.5, 0.6) is 5.75 Å². The van der Waals surface area contributed by atoms with Crippen LogP contribution >= 0.6 is 34.4 Å². The lowest BCUT2D eigenvalue weighted by Crippen LogP contribution is -2.49. The van der Waals surface area contributed by atoms with Gasteiger partial charge in [0.2, 0.25) is 0 Å². The molecule has 1 saturated heterocycles. The molecule has 4 rings (SSSR count).